The van der Waals surface area contributed by atoms with Crippen molar-refractivity contribution in [3.8, 4) is 0 Å². The molecule has 2 N–H and O–H groups in total. The molecule has 0 aliphatic carbocycles. The van der Waals surface area contributed by atoms with Crippen LogP contribution in [0.25, 0.3) is 0 Å². The van der Waals surface area contributed by atoms with Crippen LogP contribution in [0.5, 0.6) is 0 Å². The molecule has 0 unspecified atom stereocenters. The maximum absolute atomic E-state index is 13.6. The second-order valence-electron chi connectivity index (χ2n) is 6.67. The van der Waals surface area contributed by atoms with Crippen LogP contribution >= 0.6 is 0 Å². The maximum atomic E-state index is 13.6. The molecule has 0 aliphatic rings. The fourth-order valence-electron chi connectivity index (χ4n) is 2.85. The highest BCUT2D eigenvalue weighted by molar-refractivity contribution is 5.94. The van der Waals surface area contributed by atoms with E-state index in [4.69, 9.17) is 0 Å². The van der Waals surface area contributed by atoms with Crippen LogP contribution in [-0.2, 0) is 17.9 Å². The van der Waals surface area contributed by atoms with Crippen molar-refractivity contribution in [2.24, 2.45) is 0 Å². The molecule has 1 aromatic heterocycles. The average Bonchev–Trinajstić information content (AvgIpc) is 3.23. The number of benzene rings is 2. The van der Waals surface area contributed by atoms with Gasteiger partial charge in [-0.2, -0.15) is 5.10 Å². The topological polar surface area (TPSA) is 88.9 Å². The van der Waals surface area contributed by atoms with E-state index in [1.807, 2.05) is 24.3 Å². The summed E-state index contributed by atoms with van der Waals surface area (Å²) in [5, 5.41) is 9.42. The standard InChI is InChI=1S/C21H21F2N5O2/c22-17-6-7-18(19(23)10-17)21(30)25-8-2-5-20(29)26-11-15-3-1-4-16(9-15)12-28-14-24-13-27-28/h1,3-4,6-7,9-10,13-14H,2,5,8,11-12H2,(H,25,30)(H,26,29). The quantitative estimate of drug-likeness (QED) is 0.528. The van der Waals surface area contributed by atoms with Gasteiger partial charge < -0.3 is 10.6 Å². The second kappa shape index (κ2) is 10.2. The Bertz CT molecular complexity index is 1010. The van der Waals surface area contributed by atoms with Crippen molar-refractivity contribution in [1.29, 1.82) is 0 Å². The van der Waals surface area contributed by atoms with Crippen LogP contribution in [0.3, 0.4) is 0 Å². The van der Waals surface area contributed by atoms with E-state index < -0.39 is 17.5 Å². The summed E-state index contributed by atoms with van der Waals surface area (Å²) in [5.74, 6) is -2.46. The Labute approximate surface area is 172 Å². The van der Waals surface area contributed by atoms with Gasteiger partial charge in [0.1, 0.15) is 24.3 Å². The summed E-state index contributed by atoms with van der Waals surface area (Å²) in [7, 11) is 0. The van der Waals surface area contributed by atoms with Gasteiger partial charge in [-0.1, -0.05) is 24.3 Å². The summed E-state index contributed by atoms with van der Waals surface area (Å²) in [6.45, 7) is 1.18. The Kier molecular flexibility index (Phi) is 7.20. The number of aromatic nitrogens is 3. The Morgan fingerprint density at radius 1 is 1.03 bits per heavy atom. The maximum Gasteiger partial charge on any atom is 0.254 e. The molecular formula is C21H21F2N5O2. The van der Waals surface area contributed by atoms with Crippen molar-refractivity contribution in [1.82, 2.24) is 25.4 Å². The lowest BCUT2D eigenvalue weighted by atomic mass is 10.1. The van der Waals surface area contributed by atoms with Gasteiger partial charge in [-0.25, -0.2) is 18.4 Å². The molecule has 0 saturated heterocycles. The average molecular weight is 413 g/mol. The zero-order chi connectivity index (χ0) is 21.3. The molecule has 0 saturated carbocycles. The number of amides is 2. The molecule has 156 valence electrons. The van der Waals surface area contributed by atoms with Crippen LogP contribution in [0.2, 0.25) is 0 Å². The second-order valence-corrected chi connectivity index (χ2v) is 6.67. The molecule has 0 aliphatic heterocycles. The van der Waals surface area contributed by atoms with Gasteiger partial charge in [-0.15, -0.1) is 0 Å². The fraction of sp³-hybridized carbons (Fsp3) is 0.238. The zero-order valence-corrected chi connectivity index (χ0v) is 16.1. The van der Waals surface area contributed by atoms with Crippen LogP contribution in [0.1, 0.15) is 34.3 Å². The predicted octanol–water partition coefficient (Wildman–Crippen LogP) is 2.43. The summed E-state index contributed by atoms with van der Waals surface area (Å²) < 4.78 is 28.2. The van der Waals surface area contributed by atoms with Gasteiger partial charge in [-0.3, -0.25) is 9.59 Å². The monoisotopic (exact) mass is 413 g/mol. The Hall–Kier alpha value is -3.62. The number of hydrogen-bond acceptors (Lipinski definition) is 4. The van der Waals surface area contributed by atoms with E-state index >= 15 is 0 Å². The third kappa shape index (κ3) is 6.20. The normalized spacial score (nSPS) is 10.6. The Morgan fingerprint density at radius 3 is 2.63 bits per heavy atom. The molecular weight excluding hydrogens is 392 g/mol. The summed E-state index contributed by atoms with van der Waals surface area (Å²) in [6, 6.07) is 10.6. The highest BCUT2D eigenvalue weighted by atomic mass is 19.1. The van der Waals surface area contributed by atoms with Crippen LogP contribution in [-0.4, -0.2) is 33.1 Å². The van der Waals surface area contributed by atoms with Crippen LogP contribution in [0.15, 0.2) is 55.1 Å². The first kappa shape index (κ1) is 21.1. The van der Waals surface area contributed by atoms with Crippen LogP contribution in [0.4, 0.5) is 8.78 Å². The SMILES string of the molecule is O=C(CCCNC(=O)c1ccc(F)cc1F)NCc1cccc(Cn2cncn2)c1. The third-order valence-electron chi connectivity index (χ3n) is 4.33. The first-order valence-corrected chi connectivity index (χ1v) is 9.41. The molecule has 30 heavy (non-hydrogen) atoms. The smallest absolute Gasteiger partial charge is 0.254 e. The molecule has 1 heterocycles. The minimum atomic E-state index is -0.920. The lowest BCUT2D eigenvalue weighted by Gasteiger charge is -2.08. The van der Waals surface area contributed by atoms with Gasteiger partial charge >= 0.3 is 0 Å². The number of hydrogen-bond donors (Lipinski definition) is 2. The lowest BCUT2D eigenvalue weighted by Crippen LogP contribution is -2.28. The van der Waals surface area contributed by atoms with Crippen LogP contribution in [0, 0.1) is 11.6 Å². The van der Waals surface area contributed by atoms with Gasteiger partial charge in [-0.05, 0) is 29.7 Å². The molecule has 9 heteroatoms. The van der Waals surface area contributed by atoms with Crippen molar-refractivity contribution in [3.63, 3.8) is 0 Å². The molecule has 3 rings (SSSR count). The van der Waals surface area contributed by atoms with Gasteiger partial charge in [0, 0.05) is 25.6 Å². The van der Waals surface area contributed by atoms with Gasteiger partial charge in [0.2, 0.25) is 5.91 Å². The number of halogens is 2. The molecule has 2 amide bonds. The number of rotatable bonds is 9. The van der Waals surface area contributed by atoms with Gasteiger partial charge in [0.25, 0.3) is 5.91 Å². The summed E-state index contributed by atoms with van der Waals surface area (Å²) in [4.78, 5) is 27.8. The molecule has 0 atom stereocenters. The van der Waals surface area contributed by atoms with Gasteiger partial charge in [0.15, 0.2) is 0 Å². The molecule has 2 aromatic carbocycles. The van der Waals surface area contributed by atoms with E-state index in [-0.39, 0.29) is 24.4 Å². The zero-order valence-electron chi connectivity index (χ0n) is 16.1. The number of carbonyl (C=O) groups excluding carboxylic acids is 2. The Morgan fingerprint density at radius 2 is 1.87 bits per heavy atom. The largest absolute Gasteiger partial charge is 0.352 e. The highest BCUT2D eigenvalue weighted by Crippen LogP contribution is 2.09. The molecule has 0 bridgehead atoms. The molecule has 0 radical (unpaired) electrons. The van der Waals surface area contributed by atoms with E-state index in [0.717, 1.165) is 23.3 Å². The van der Waals surface area contributed by atoms with E-state index in [2.05, 4.69) is 20.7 Å². The first-order valence-electron chi connectivity index (χ1n) is 9.41. The predicted molar refractivity (Wildman–Crippen MR) is 105 cm³/mol. The Balaban J connectivity index is 1.37. The molecule has 7 nitrogen and oxygen atoms in total. The van der Waals surface area contributed by atoms with Crippen molar-refractivity contribution < 1.29 is 18.4 Å². The summed E-state index contributed by atoms with van der Waals surface area (Å²) in [6.07, 6.45) is 3.72. The lowest BCUT2D eigenvalue weighted by molar-refractivity contribution is -0.121. The summed E-state index contributed by atoms with van der Waals surface area (Å²) >= 11 is 0. The summed E-state index contributed by atoms with van der Waals surface area (Å²) in [5.41, 5.74) is 1.77. The highest BCUT2D eigenvalue weighted by Gasteiger charge is 2.12. The minimum absolute atomic E-state index is 0.154. The van der Waals surface area contributed by atoms with E-state index in [1.54, 1.807) is 11.0 Å². The number of nitrogens with zero attached hydrogens (tertiary/aromatic N) is 3. The number of nitrogens with one attached hydrogen (secondary N) is 2. The first-order chi connectivity index (χ1) is 14.5. The molecule has 3 aromatic rings. The number of carbonyl (C=O) groups is 2. The van der Waals surface area contributed by atoms with E-state index in [1.165, 1.54) is 6.33 Å². The van der Waals surface area contributed by atoms with Crippen LogP contribution < -0.4 is 10.6 Å². The van der Waals surface area contributed by atoms with Gasteiger partial charge in [0.05, 0.1) is 12.1 Å². The molecule has 0 spiro atoms. The fourth-order valence-corrected chi connectivity index (χ4v) is 2.85. The minimum Gasteiger partial charge on any atom is -0.352 e. The van der Waals surface area contributed by atoms with Crippen molar-refractivity contribution >= 4 is 11.8 Å². The van der Waals surface area contributed by atoms with Crippen molar-refractivity contribution in [3.05, 3.63) is 83.4 Å². The van der Waals surface area contributed by atoms with Crippen molar-refractivity contribution in [2.45, 2.75) is 25.9 Å². The van der Waals surface area contributed by atoms with E-state index in [0.29, 0.717) is 25.6 Å². The third-order valence-corrected chi connectivity index (χ3v) is 4.33. The van der Waals surface area contributed by atoms with E-state index in [9.17, 15) is 18.4 Å². The molecule has 0 fully saturated rings. The van der Waals surface area contributed by atoms with Crippen molar-refractivity contribution in [2.75, 3.05) is 6.54 Å².